The maximum absolute atomic E-state index is 2.41. The molecule has 0 aliphatic heterocycles. The Balaban J connectivity index is 0. The second-order valence-corrected chi connectivity index (χ2v) is 12.2. The van der Waals surface area contributed by atoms with E-state index in [2.05, 4.69) is 64.7 Å². The van der Waals surface area contributed by atoms with Crippen molar-refractivity contribution < 1.29 is 0 Å². The zero-order valence-corrected chi connectivity index (χ0v) is 12.8. The Labute approximate surface area is 102 Å². The molecule has 0 nitrogen and oxygen atoms in total. The Morgan fingerprint density at radius 3 is 1.21 bits per heavy atom. The molecule has 2 heteroatoms. The first-order valence-electron chi connectivity index (χ1n) is 6.16. The average Bonchev–Trinajstić information content (AvgIpc) is 1.98. The van der Waals surface area contributed by atoms with Crippen molar-refractivity contribution in [3.05, 3.63) is 0 Å². The van der Waals surface area contributed by atoms with E-state index < -0.39 is 6.40 Å². The van der Waals surface area contributed by atoms with Crippen molar-refractivity contribution in [2.24, 2.45) is 0 Å². The van der Waals surface area contributed by atoms with Gasteiger partial charge in [-0.15, -0.1) is 0 Å². The van der Waals surface area contributed by atoms with E-state index in [9.17, 15) is 0 Å². The fourth-order valence-corrected chi connectivity index (χ4v) is 0.500. The van der Waals surface area contributed by atoms with Crippen LogP contribution in [0.4, 0.5) is 0 Å². The number of unbranched alkanes of at least 4 members (excludes halogenated alkanes) is 3. The fraction of sp³-hybridized carbons (Fsp3) is 1.00. The van der Waals surface area contributed by atoms with Crippen LogP contribution in [0.15, 0.2) is 0 Å². The van der Waals surface area contributed by atoms with Gasteiger partial charge in [0.15, 0.2) is 0 Å². The van der Waals surface area contributed by atoms with Gasteiger partial charge in [-0.3, -0.25) is 0 Å². The third kappa shape index (κ3) is 10.9. The summed E-state index contributed by atoms with van der Waals surface area (Å²) in [6.45, 7) is 16.3. The monoisotopic (exact) mass is 208 g/mol. The molecule has 0 amide bonds. The maximum atomic E-state index is 2.41. The van der Waals surface area contributed by atoms with Gasteiger partial charge in [-0.1, -0.05) is 39.5 Å². The van der Waals surface area contributed by atoms with E-state index in [4.69, 9.17) is 0 Å². The number of rotatable bonds is 3. The standard InChI is InChI=1S/C6H15Si.C6H14.Li/c1-6(2,3)7(4)5;1-3-5-6-4-2;/h1-5H3;3-6H2,1-2H3;. The van der Waals surface area contributed by atoms with E-state index in [1.165, 1.54) is 25.7 Å². The quantitative estimate of drug-likeness (QED) is 0.464. The van der Waals surface area contributed by atoms with Gasteiger partial charge in [-0.05, 0) is 0 Å². The Bertz CT molecular complexity index is 103. The molecule has 0 radical (unpaired) electrons. The summed E-state index contributed by atoms with van der Waals surface area (Å²) in [7, 11) is 0. The topological polar surface area (TPSA) is 0 Å². The van der Waals surface area contributed by atoms with E-state index in [1.54, 1.807) is 0 Å². The van der Waals surface area contributed by atoms with Crippen molar-refractivity contribution in [3.63, 3.8) is 0 Å². The van der Waals surface area contributed by atoms with Gasteiger partial charge in [0.2, 0.25) is 0 Å². The molecule has 0 N–H and O–H groups in total. The van der Waals surface area contributed by atoms with Crippen molar-refractivity contribution in [2.75, 3.05) is 0 Å². The molecule has 14 heavy (non-hydrogen) atoms. The molecule has 0 saturated carbocycles. The van der Waals surface area contributed by atoms with Crippen LogP contribution in [-0.4, -0.2) is 23.4 Å². The second-order valence-electron chi connectivity index (χ2n) is 6.21. The van der Waals surface area contributed by atoms with E-state index in [0.29, 0.717) is 5.04 Å². The van der Waals surface area contributed by atoms with Gasteiger partial charge in [0.1, 0.15) is 0 Å². The molecule has 0 saturated heterocycles. The summed E-state index contributed by atoms with van der Waals surface area (Å²) in [5, 5.41) is 0.576. The zero-order valence-electron chi connectivity index (χ0n) is 11.8. The first kappa shape index (κ1) is 17.2. The zero-order chi connectivity index (χ0) is 11.8. The average molecular weight is 208 g/mol. The molecule has 0 atom stereocenters. The van der Waals surface area contributed by atoms with E-state index in [-0.39, 0.29) is 0 Å². The molecule has 0 aliphatic rings. The molecular formula is C12H29LiSi. The fourth-order valence-electron chi connectivity index (χ4n) is 0.500. The van der Waals surface area contributed by atoms with Crippen LogP contribution >= 0.6 is 0 Å². The predicted octanol–water partition coefficient (Wildman–Crippen LogP) is 4.75. The van der Waals surface area contributed by atoms with Gasteiger partial charge >= 0.3 is 62.3 Å². The van der Waals surface area contributed by atoms with Crippen molar-refractivity contribution in [3.8, 4) is 0 Å². The van der Waals surface area contributed by atoms with Crippen LogP contribution in [0, 0.1) is 0 Å². The summed E-state index contributed by atoms with van der Waals surface area (Å²) in [6.07, 6.45) is 4.68. The van der Waals surface area contributed by atoms with Crippen LogP contribution < -0.4 is 0 Å². The first-order chi connectivity index (χ1) is 6.16. The summed E-state index contributed by atoms with van der Waals surface area (Å²) in [5.41, 5.74) is 0. The molecule has 0 rings (SSSR count). The van der Waals surface area contributed by atoms with Gasteiger partial charge in [-0.25, -0.2) is 0 Å². The third-order valence-corrected chi connectivity index (χ3v) is 7.71. The molecule has 0 aromatic rings. The van der Waals surface area contributed by atoms with Crippen LogP contribution in [0.5, 0.6) is 0 Å². The molecule has 0 bridgehead atoms. The van der Waals surface area contributed by atoms with Crippen LogP contribution in [0.3, 0.4) is 0 Å². The van der Waals surface area contributed by atoms with Crippen molar-refractivity contribution in [1.82, 2.24) is 0 Å². The molecule has 82 valence electrons. The number of hydrogen-bond acceptors (Lipinski definition) is 0. The van der Waals surface area contributed by atoms with Gasteiger partial charge in [0.25, 0.3) is 0 Å². The normalized spacial score (nSPS) is 12.1. The van der Waals surface area contributed by atoms with E-state index in [1.807, 2.05) is 0 Å². The Hall–Kier alpha value is 0.814. The molecule has 0 heterocycles. The van der Waals surface area contributed by atoms with Crippen LogP contribution in [0.25, 0.3) is 0 Å². The minimum atomic E-state index is -0.859. The molecule has 0 unspecified atom stereocenters. The summed E-state index contributed by atoms with van der Waals surface area (Å²) in [4.78, 5) is 0. The van der Waals surface area contributed by atoms with Crippen molar-refractivity contribution in [1.29, 1.82) is 0 Å². The summed E-state index contributed by atoms with van der Waals surface area (Å²) >= 11 is 2.41. The van der Waals surface area contributed by atoms with Gasteiger partial charge < -0.3 is 0 Å². The molecule has 0 aliphatic carbocycles. The van der Waals surface area contributed by atoms with Crippen LogP contribution in [-0.2, 0) is 0 Å². The molecule has 0 spiro atoms. The van der Waals surface area contributed by atoms with Crippen LogP contribution in [0.1, 0.15) is 60.3 Å². The molecule has 0 fully saturated rings. The first-order valence-corrected chi connectivity index (χ1v) is 9.66. The van der Waals surface area contributed by atoms with Crippen LogP contribution in [0.2, 0.25) is 18.1 Å². The number of hydrogen-bond donors (Lipinski definition) is 0. The van der Waals surface area contributed by atoms with E-state index >= 15 is 0 Å². The third-order valence-electron chi connectivity index (χ3n) is 3.21. The van der Waals surface area contributed by atoms with Gasteiger partial charge in [0.05, 0.1) is 0 Å². The van der Waals surface area contributed by atoms with Gasteiger partial charge in [-0.2, -0.15) is 0 Å². The predicted molar refractivity (Wildman–Crippen MR) is 72.8 cm³/mol. The van der Waals surface area contributed by atoms with Gasteiger partial charge in [0, 0.05) is 0 Å². The van der Waals surface area contributed by atoms with Crippen molar-refractivity contribution in [2.45, 2.75) is 78.4 Å². The summed E-state index contributed by atoms with van der Waals surface area (Å²) in [5.74, 6) is 0. The Kier molecular flexibility index (Phi) is 9.87. The van der Waals surface area contributed by atoms with Crippen molar-refractivity contribution >= 4 is 23.4 Å². The van der Waals surface area contributed by atoms with E-state index in [0.717, 1.165) is 0 Å². The summed E-state index contributed by atoms with van der Waals surface area (Å²) in [6, 6.07) is 0. The Morgan fingerprint density at radius 2 is 1.14 bits per heavy atom. The molecule has 0 aromatic heterocycles. The molecule has 0 aromatic carbocycles. The molecular weight excluding hydrogens is 179 g/mol. The Morgan fingerprint density at radius 1 is 0.929 bits per heavy atom. The summed E-state index contributed by atoms with van der Waals surface area (Å²) < 4.78 is 0. The minimum absolute atomic E-state index is 0.576. The second kappa shape index (κ2) is 8.02. The SMILES string of the molecule is CCCCCC.[Li][Si](C)(C)C(C)(C)C.